The number of anilines is 1. The Morgan fingerprint density at radius 3 is 2.08 bits per heavy atom. The molecule has 1 aliphatic rings. The van der Waals surface area contributed by atoms with E-state index in [1.54, 1.807) is 36.4 Å². The lowest BCUT2D eigenvalue weighted by Crippen LogP contribution is -2.47. The molecule has 0 fully saturated rings. The van der Waals surface area contributed by atoms with Crippen LogP contribution in [0.15, 0.2) is 54.6 Å². The van der Waals surface area contributed by atoms with Crippen LogP contribution in [0.4, 0.5) is 5.69 Å². The number of amides is 3. The summed E-state index contributed by atoms with van der Waals surface area (Å²) in [5.41, 5.74) is 1.37. The molecule has 3 amide bonds. The molecule has 0 saturated heterocycles. The van der Waals surface area contributed by atoms with Crippen LogP contribution in [0.5, 0.6) is 0 Å². The zero-order valence-corrected chi connectivity index (χ0v) is 14.1. The first-order valence-corrected chi connectivity index (χ1v) is 8.46. The molecule has 5 nitrogen and oxygen atoms in total. The van der Waals surface area contributed by atoms with Gasteiger partial charge in [-0.15, -0.1) is 0 Å². The molecule has 1 aliphatic heterocycles. The first kappa shape index (κ1) is 16.9. The Balaban J connectivity index is 1.87. The second-order valence-corrected chi connectivity index (χ2v) is 6.04. The van der Waals surface area contributed by atoms with E-state index in [4.69, 9.17) is 0 Å². The molecule has 1 heterocycles. The van der Waals surface area contributed by atoms with E-state index >= 15 is 0 Å². The average Bonchev–Trinajstić information content (AvgIpc) is 2.88. The molecule has 5 heteroatoms. The molecule has 128 valence electrons. The minimum atomic E-state index is -0.812. The maximum atomic E-state index is 12.8. The van der Waals surface area contributed by atoms with E-state index in [0.29, 0.717) is 23.2 Å². The van der Waals surface area contributed by atoms with Gasteiger partial charge in [0.05, 0.1) is 11.1 Å². The van der Waals surface area contributed by atoms with E-state index in [1.165, 1.54) is 0 Å². The minimum absolute atomic E-state index is 0.339. The molecule has 0 aromatic heterocycles. The summed E-state index contributed by atoms with van der Waals surface area (Å²) in [4.78, 5) is 39.3. The van der Waals surface area contributed by atoms with Gasteiger partial charge in [0.25, 0.3) is 11.8 Å². The van der Waals surface area contributed by atoms with Gasteiger partial charge in [0.2, 0.25) is 5.91 Å². The number of nitrogens with one attached hydrogen (secondary N) is 1. The van der Waals surface area contributed by atoms with Crippen LogP contribution >= 0.6 is 0 Å². The highest BCUT2D eigenvalue weighted by atomic mass is 16.2. The van der Waals surface area contributed by atoms with Crippen molar-refractivity contribution in [2.75, 3.05) is 5.32 Å². The summed E-state index contributed by atoms with van der Waals surface area (Å²) in [6.45, 7) is 2.01. The second kappa shape index (κ2) is 7.30. The molecule has 1 atom stereocenters. The van der Waals surface area contributed by atoms with E-state index < -0.39 is 17.9 Å². The van der Waals surface area contributed by atoms with Crippen LogP contribution < -0.4 is 5.32 Å². The Morgan fingerprint density at radius 1 is 0.960 bits per heavy atom. The molecule has 3 rings (SSSR count). The number of imide groups is 1. The summed E-state index contributed by atoms with van der Waals surface area (Å²) < 4.78 is 0. The molecule has 25 heavy (non-hydrogen) atoms. The van der Waals surface area contributed by atoms with Gasteiger partial charge in [-0.25, -0.2) is 0 Å². The van der Waals surface area contributed by atoms with E-state index in [0.717, 1.165) is 17.7 Å². The molecule has 0 unspecified atom stereocenters. The van der Waals surface area contributed by atoms with Crippen molar-refractivity contribution < 1.29 is 14.4 Å². The smallest absolute Gasteiger partial charge is 0.262 e. The van der Waals surface area contributed by atoms with Crippen molar-refractivity contribution >= 4 is 23.4 Å². The van der Waals surface area contributed by atoms with E-state index in [-0.39, 0.29) is 5.91 Å². The quantitative estimate of drug-likeness (QED) is 0.821. The lowest BCUT2D eigenvalue weighted by atomic mass is 10.1. The highest BCUT2D eigenvalue weighted by Gasteiger charge is 2.42. The fourth-order valence-corrected chi connectivity index (χ4v) is 3.01. The number of fused-ring (bicyclic) bond motifs is 1. The van der Waals surface area contributed by atoms with Gasteiger partial charge in [-0.2, -0.15) is 0 Å². The second-order valence-electron chi connectivity index (χ2n) is 6.04. The monoisotopic (exact) mass is 336 g/mol. The molecular formula is C20H20N2O3. The third kappa shape index (κ3) is 3.31. The summed E-state index contributed by atoms with van der Waals surface area (Å²) in [5, 5.41) is 2.81. The number of carbonyl (C=O) groups excluding carboxylic acids is 3. The van der Waals surface area contributed by atoms with Crippen LogP contribution in [0.3, 0.4) is 0 Å². The van der Waals surface area contributed by atoms with Gasteiger partial charge in [-0.3, -0.25) is 19.3 Å². The molecule has 2 aromatic carbocycles. The highest BCUT2D eigenvalue weighted by molar-refractivity contribution is 6.23. The number of hydrogen-bond acceptors (Lipinski definition) is 3. The number of unbranched alkanes of at least 4 members (excludes halogenated alkanes) is 1. The Morgan fingerprint density at radius 2 is 1.52 bits per heavy atom. The van der Waals surface area contributed by atoms with Crippen LogP contribution in [0.2, 0.25) is 0 Å². The fraction of sp³-hybridized carbons (Fsp3) is 0.250. The fourth-order valence-electron chi connectivity index (χ4n) is 3.01. The lowest BCUT2D eigenvalue weighted by molar-refractivity contribution is -0.120. The first-order valence-electron chi connectivity index (χ1n) is 8.46. The Bertz CT molecular complexity index is 767. The van der Waals surface area contributed by atoms with E-state index in [9.17, 15) is 14.4 Å². The van der Waals surface area contributed by atoms with Crippen molar-refractivity contribution in [3.63, 3.8) is 0 Å². The molecule has 0 aliphatic carbocycles. The zero-order valence-electron chi connectivity index (χ0n) is 14.1. The van der Waals surface area contributed by atoms with Crippen molar-refractivity contribution in [1.29, 1.82) is 0 Å². The molecule has 0 saturated carbocycles. The van der Waals surface area contributed by atoms with Gasteiger partial charge in [-0.1, -0.05) is 50.1 Å². The topological polar surface area (TPSA) is 66.5 Å². The SMILES string of the molecule is CCCC[C@H](C(=O)Nc1ccccc1)N1C(=O)c2ccccc2C1=O. The van der Waals surface area contributed by atoms with E-state index in [1.807, 2.05) is 25.1 Å². The maximum absolute atomic E-state index is 12.8. The van der Waals surface area contributed by atoms with Crippen LogP contribution in [-0.2, 0) is 4.79 Å². The highest BCUT2D eigenvalue weighted by Crippen LogP contribution is 2.27. The predicted octanol–water partition coefficient (Wildman–Crippen LogP) is 3.48. The summed E-state index contributed by atoms with van der Waals surface area (Å²) in [5.74, 6) is -1.14. The number of nitrogens with zero attached hydrogens (tertiary/aromatic N) is 1. The maximum Gasteiger partial charge on any atom is 0.262 e. The molecule has 0 radical (unpaired) electrons. The lowest BCUT2D eigenvalue weighted by Gasteiger charge is -2.25. The summed E-state index contributed by atoms with van der Waals surface area (Å²) in [6.07, 6.45) is 2.07. The molecule has 2 aromatic rings. The largest absolute Gasteiger partial charge is 0.324 e. The Kier molecular flexibility index (Phi) is 4.93. The van der Waals surface area contributed by atoms with Crippen molar-refractivity contribution in [3.8, 4) is 0 Å². The standard InChI is InChI=1S/C20H20N2O3/c1-2-3-13-17(18(23)21-14-9-5-4-6-10-14)22-19(24)15-11-7-8-12-16(15)20(22)25/h4-12,17H,2-3,13H2,1H3,(H,21,23)/t17-/m1/s1. The van der Waals surface area contributed by atoms with Gasteiger partial charge < -0.3 is 5.32 Å². The van der Waals surface area contributed by atoms with Gasteiger partial charge in [0, 0.05) is 5.69 Å². The van der Waals surface area contributed by atoms with Gasteiger partial charge in [0.1, 0.15) is 6.04 Å². The van der Waals surface area contributed by atoms with E-state index in [2.05, 4.69) is 5.32 Å². The minimum Gasteiger partial charge on any atom is -0.324 e. The number of rotatable bonds is 6. The van der Waals surface area contributed by atoms with Crippen LogP contribution in [0, 0.1) is 0 Å². The summed E-state index contributed by atoms with van der Waals surface area (Å²) >= 11 is 0. The molecular weight excluding hydrogens is 316 g/mol. The van der Waals surface area contributed by atoms with Gasteiger partial charge in [0.15, 0.2) is 0 Å². The zero-order chi connectivity index (χ0) is 17.8. The number of hydrogen-bond donors (Lipinski definition) is 1. The van der Waals surface area contributed by atoms with Crippen LogP contribution in [0.1, 0.15) is 46.9 Å². The number of benzene rings is 2. The number of carbonyl (C=O) groups is 3. The Labute approximate surface area is 146 Å². The van der Waals surface area contributed by atoms with Crippen molar-refractivity contribution in [2.24, 2.45) is 0 Å². The normalized spacial score (nSPS) is 14.4. The van der Waals surface area contributed by atoms with Crippen LogP contribution in [-0.4, -0.2) is 28.7 Å². The third-order valence-corrected chi connectivity index (χ3v) is 4.31. The first-order chi connectivity index (χ1) is 12.1. The van der Waals surface area contributed by atoms with Gasteiger partial charge >= 0.3 is 0 Å². The molecule has 1 N–H and O–H groups in total. The third-order valence-electron chi connectivity index (χ3n) is 4.31. The number of para-hydroxylation sites is 1. The average molecular weight is 336 g/mol. The van der Waals surface area contributed by atoms with Crippen molar-refractivity contribution in [1.82, 2.24) is 4.90 Å². The summed E-state index contributed by atoms with van der Waals surface area (Å²) in [6, 6.07) is 14.9. The van der Waals surface area contributed by atoms with Crippen LogP contribution in [0.25, 0.3) is 0 Å². The van der Waals surface area contributed by atoms with Crippen molar-refractivity contribution in [2.45, 2.75) is 32.2 Å². The Hall–Kier alpha value is -2.95. The predicted molar refractivity (Wildman–Crippen MR) is 95.3 cm³/mol. The summed E-state index contributed by atoms with van der Waals surface area (Å²) in [7, 11) is 0. The molecule has 0 spiro atoms. The van der Waals surface area contributed by atoms with Gasteiger partial charge in [-0.05, 0) is 30.7 Å². The van der Waals surface area contributed by atoms with Crippen molar-refractivity contribution in [3.05, 3.63) is 65.7 Å². The molecule has 0 bridgehead atoms.